The van der Waals surface area contributed by atoms with E-state index in [9.17, 15) is 20.1 Å². The highest BCUT2D eigenvalue weighted by Crippen LogP contribution is 2.60. The fourth-order valence-electron chi connectivity index (χ4n) is 14.5. The van der Waals surface area contributed by atoms with Crippen LogP contribution in [0.5, 0.6) is 17.2 Å². The summed E-state index contributed by atoms with van der Waals surface area (Å²) in [5.41, 5.74) is 16.2. The monoisotopic (exact) mass is 976 g/mol. The molecule has 384 valence electrons. The number of aryl methyl sites for hydroxylation is 1. The summed E-state index contributed by atoms with van der Waals surface area (Å²) in [5, 5.41) is 38.8. The number of hydrogen-bond donors (Lipinski definition) is 5. The SMILES string of the molecule is CCCC(=CC(=O)CCc1cc(OC2CCCC2)c(O)c2c1C#CCC1CC3C=C4C(CC(C)CC4C2C3COC2CCCCC2)c2cc(O)cc(c2)Cc2cccc(c2)C2(CCCCC2)NC(N)=N1)CO. The van der Waals surface area contributed by atoms with Crippen LogP contribution in [0.4, 0.5) is 0 Å². The largest absolute Gasteiger partial charge is 0.508 e. The first kappa shape index (κ1) is 50.5. The van der Waals surface area contributed by atoms with E-state index in [1.54, 1.807) is 6.08 Å². The Morgan fingerprint density at radius 3 is 2.49 bits per heavy atom. The number of nitrogens with zero attached hydrogens (tertiary/aromatic N) is 1. The third-order valence-electron chi connectivity index (χ3n) is 17.9. The molecular weight excluding hydrogens is 895 g/mol. The van der Waals surface area contributed by atoms with E-state index in [0.717, 1.165) is 117 Å². The van der Waals surface area contributed by atoms with Crippen LogP contribution in [0.3, 0.4) is 0 Å². The van der Waals surface area contributed by atoms with Crippen LogP contribution in [-0.4, -0.2) is 58.5 Å². The van der Waals surface area contributed by atoms with Gasteiger partial charge in [0.05, 0.1) is 37.0 Å². The summed E-state index contributed by atoms with van der Waals surface area (Å²) in [4.78, 5) is 19.3. The summed E-state index contributed by atoms with van der Waals surface area (Å²) in [6.45, 7) is 4.84. The number of rotatable bonds is 12. The number of ether oxygens (including phenoxy) is 2. The predicted molar refractivity (Wildman–Crippen MR) is 286 cm³/mol. The molecule has 7 aliphatic rings. The molecule has 7 unspecified atom stereocenters. The Balaban J connectivity index is 1.19. The number of fused-ring (bicyclic) bond motifs is 11. The molecule has 0 saturated heterocycles. The molecule has 6 N–H and O–H groups in total. The third kappa shape index (κ3) is 11.2. The van der Waals surface area contributed by atoms with Crippen LogP contribution in [0.25, 0.3) is 0 Å². The zero-order valence-corrected chi connectivity index (χ0v) is 43.2. The number of benzene rings is 3. The molecule has 3 aromatic rings. The number of carbonyl (C=O) groups is 1. The lowest BCUT2D eigenvalue weighted by Gasteiger charge is -2.50. The van der Waals surface area contributed by atoms with Gasteiger partial charge >= 0.3 is 0 Å². The number of guanidine groups is 1. The molecule has 0 radical (unpaired) electrons. The summed E-state index contributed by atoms with van der Waals surface area (Å²) in [6.07, 6.45) is 25.4. The third-order valence-corrected chi connectivity index (χ3v) is 17.9. The number of nitrogens with one attached hydrogen (secondary N) is 1. The van der Waals surface area contributed by atoms with Crippen molar-refractivity contribution in [2.75, 3.05) is 13.2 Å². The molecule has 4 saturated carbocycles. The number of ketones is 1. The van der Waals surface area contributed by atoms with Crippen LogP contribution in [-0.2, 0) is 27.9 Å². The molecule has 9 nitrogen and oxygen atoms in total. The highest BCUT2D eigenvalue weighted by Gasteiger charge is 2.49. The number of nitrogens with two attached hydrogens (primary N) is 1. The highest BCUT2D eigenvalue weighted by molar-refractivity contribution is 5.90. The molecule has 0 aromatic heterocycles. The lowest BCUT2D eigenvalue weighted by atomic mass is 9.55. The minimum Gasteiger partial charge on any atom is -0.508 e. The summed E-state index contributed by atoms with van der Waals surface area (Å²) < 4.78 is 14.1. The molecule has 1 aliphatic heterocycles. The van der Waals surface area contributed by atoms with Crippen molar-refractivity contribution in [1.29, 1.82) is 0 Å². The van der Waals surface area contributed by atoms with E-state index in [-0.39, 0.29) is 83.7 Å². The van der Waals surface area contributed by atoms with Crippen LogP contribution in [0.1, 0.15) is 199 Å². The van der Waals surface area contributed by atoms with Crippen molar-refractivity contribution in [2.45, 2.75) is 197 Å². The van der Waals surface area contributed by atoms with Crippen molar-refractivity contribution in [3.05, 3.63) is 111 Å². The summed E-state index contributed by atoms with van der Waals surface area (Å²) >= 11 is 0. The van der Waals surface area contributed by atoms with Gasteiger partial charge in [-0.05, 0) is 171 Å². The van der Waals surface area contributed by atoms with Crippen LogP contribution in [0.2, 0.25) is 0 Å². The molecule has 72 heavy (non-hydrogen) atoms. The standard InChI is InChI=1S/C63H81N3O6/c1-3-14-42(38-67)32-49(68)24-23-44-37-58(72-52-20-8-9-21-52)61(70)60-53(44)22-13-17-48-34-46-36-55-54(27-40(2)28-56(55)59(60)57(46)39-71-51-18-6-4-7-19-51)45-30-43(33-50(69)35-45)29-41-15-12-16-47(31-41)63(66-62(64)65-48)25-10-5-11-26-63/h12,15-16,30-33,35-37,40,46,48,51-52,54,56-57,59,67,69-70H,3-11,14,17-21,23-29,34,38-39H2,1-2H3,(H3,64,65,66). The van der Waals surface area contributed by atoms with Gasteiger partial charge in [-0.2, -0.15) is 0 Å². The molecule has 7 atom stereocenters. The van der Waals surface area contributed by atoms with Crippen LogP contribution in [0.15, 0.2) is 76.8 Å². The molecule has 1 spiro atoms. The Morgan fingerprint density at radius 1 is 0.917 bits per heavy atom. The maximum atomic E-state index is 13.8. The van der Waals surface area contributed by atoms with Gasteiger partial charge in [0.1, 0.15) is 5.75 Å². The molecule has 3 aromatic carbocycles. The summed E-state index contributed by atoms with van der Waals surface area (Å²) in [5.74, 6) is 8.95. The van der Waals surface area contributed by atoms with Crippen LogP contribution < -0.4 is 15.8 Å². The number of aromatic hydroxyl groups is 2. The van der Waals surface area contributed by atoms with E-state index < -0.39 is 0 Å². The number of hydrogen-bond acceptors (Lipinski definition) is 9. The fraction of sp³-hybridized carbons (Fsp3) is 0.587. The van der Waals surface area contributed by atoms with Crippen molar-refractivity contribution in [3.8, 4) is 29.1 Å². The van der Waals surface area contributed by atoms with Gasteiger partial charge in [-0.1, -0.05) is 113 Å². The maximum absolute atomic E-state index is 13.8. The molecule has 0 amide bonds. The Labute approximate surface area is 429 Å². The van der Waals surface area contributed by atoms with Gasteiger partial charge in [0.2, 0.25) is 0 Å². The van der Waals surface area contributed by atoms with Crippen molar-refractivity contribution >= 4 is 11.7 Å². The van der Waals surface area contributed by atoms with Gasteiger partial charge in [0.15, 0.2) is 23.2 Å². The average Bonchev–Trinajstić information content (AvgIpc) is 3.89. The predicted octanol–water partition coefficient (Wildman–Crippen LogP) is 12.3. The van der Waals surface area contributed by atoms with Gasteiger partial charge < -0.3 is 35.8 Å². The topological polar surface area (TPSA) is 147 Å². The lowest BCUT2D eigenvalue weighted by molar-refractivity contribution is -0.114. The van der Waals surface area contributed by atoms with Crippen LogP contribution >= 0.6 is 0 Å². The van der Waals surface area contributed by atoms with Gasteiger partial charge in [0, 0.05) is 35.8 Å². The average molecular weight is 976 g/mol. The highest BCUT2D eigenvalue weighted by atomic mass is 16.5. The quantitative estimate of drug-likeness (QED) is 0.0685. The molecule has 4 fully saturated rings. The Kier molecular flexibility index (Phi) is 15.9. The minimum absolute atomic E-state index is 0.000652. The maximum Gasteiger partial charge on any atom is 0.189 e. The Morgan fingerprint density at radius 2 is 1.69 bits per heavy atom. The zero-order chi connectivity index (χ0) is 49.8. The minimum atomic E-state index is -0.362. The van der Waals surface area contributed by atoms with E-state index >= 15 is 0 Å². The number of phenols is 2. The van der Waals surface area contributed by atoms with Crippen molar-refractivity contribution in [3.63, 3.8) is 0 Å². The first-order valence-electron chi connectivity index (χ1n) is 28.3. The number of aliphatic imine (C=N–C) groups is 1. The lowest BCUT2D eigenvalue weighted by Crippen LogP contribution is -2.50. The van der Waals surface area contributed by atoms with E-state index in [0.29, 0.717) is 56.3 Å². The second kappa shape index (κ2) is 22.6. The van der Waals surface area contributed by atoms with E-state index in [4.69, 9.17) is 20.2 Å². The summed E-state index contributed by atoms with van der Waals surface area (Å²) in [6, 6.07) is 17.0. The van der Waals surface area contributed by atoms with Crippen molar-refractivity contribution in [1.82, 2.24) is 5.32 Å². The number of aliphatic hydroxyl groups excluding tert-OH is 1. The smallest absolute Gasteiger partial charge is 0.189 e. The first-order chi connectivity index (χ1) is 35.1. The van der Waals surface area contributed by atoms with E-state index in [1.807, 2.05) is 18.2 Å². The van der Waals surface area contributed by atoms with E-state index in [1.165, 1.54) is 42.4 Å². The number of allylic oxidation sites excluding steroid dienone is 3. The summed E-state index contributed by atoms with van der Waals surface area (Å²) in [7, 11) is 0. The van der Waals surface area contributed by atoms with Crippen LogP contribution in [0, 0.1) is 35.5 Å². The number of carbonyl (C=O) groups excluding carboxylic acids is 1. The molecule has 1 heterocycles. The molecule has 8 bridgehead atoms. The Bertz CT molecular complexity index is 2580. The van der Waals surface area contributed by atoms with Crippen molar-refractivity contribution in [2.24, 2.45) is 34.4 Å². The number of phenolic OH excluding ortho intramolecular Hbond substituents is 2. The second-order valence-electron chi connectivity index (χ2n) is 23.2. The van der Waals surface area contributed by atoms with Gasteiger partial charge in [-0.15, -0.1) is 0 Å². The van der Waals surface area contributed by atoms with Crippen molar-refractivity contribution < 1.29 is 29.6 Å². The molecule has 10 rings (SSSR count). The van der Waals surface area contributed by atoms with E-state index in [2.05, 4.69) is 67.4 Å². The normalized spacial score (nSPS) is 27.4. The number of aliphatic hydroxyl groups is 1. The van der Waals surface area contributed by atoms with Gasteiger partial charge in [-0.3, -0.25) is 4.79 Å². The first-order valence-corrected chi connectivity index (χ1v) is 28.3. The Hall–Kier alpha value is -5.04. The fourth-order valence-corrected chi connectivity index (χ4v) is 14.5. The molecule has 6 aliphatic carbocycles. The van der Waals surface area contributed by atoms with Gasteiger partial charge in [-0.25, -0.2) is 4.99 Å². The second-order valence-corrected chi connectivity index (χ2v) is 23.2. The zero-order valence-electron chi connectivity index (χ0n) is 43.2. The molecule has 9 heteroatoms. The molecular formula is C63H81N3O6. The van der Waals surface area contributed by atoms with Gasteiger partial charge in [0.25, 0.3) is 0 Å².